The van der Waals surface area contributed by atoms with Crippen molar-refractivity contribution in [2.75, 3.05) is 18.8 Å². The van der Waals surface area contributed by atoms with E-state index in [-0.39, 0.29) is 17.1 Å². The zero-order valence-corrected chi connectivity index (χ0v) is 12.7. The van der Waals surface area contributed by atoms with Crippen LogP contribution in [0.25, 0.3) is 0 Å². The Kier molecular flexibility index (Phi) is 5.37. The molecule has 0 aliphatic heterocycles. The van der Waals surface area contributed by atoms with Gasteiger partial charge in [-0.1, -0.05) is 28.9 Å². The van der Waals surface area contributed by atoms with E-state index in [1.165, 1.54) is 10.4 Å². The lowest BCUT2D eigenvalue weighted by atomic mass is 10.3. The van der Waals surface area contributed by atoms with Gasteiger partial charge in [-0.2, -0.15) is 4.31 Å². The second-order valence-corrected chi connectivity index (χ2v) is 6.66. The van der Waals surface area contributed by atoms with Crippen LogP contribution in [0.5, 0.6) is 0 Å². The molecule has 0 bridgehead atoms. The molecule has 0 aliphatic rings. The van der Waals surface area contributed by atoms with E-state index >= 15 is 0 Å². The van der Waals surface area contributed by atoms with Gasteiger partial charge in [0.15, 0.2) is 0 Å². The lowest BCUT2D eigenvalue weighted by Crippen LogP contribution is -2.32. The first-order valence-corrected chi connectivity index (χ1v) is 7.82. The summed E-state index contributed by atoms with van der Waals surface area (Å²) in [6, 6.07) is 4.82. The van der Waals surface area contributed by atoms with Crippen LogP contribution in [-0.2, 0) is 10.0 Å². The van der Waals surface area contributed by atoms with E-state index in [1.54, 1.807) is 18.2 Å². The molecule has 100 valence electrons. The molecule has 4 nitrogen and oxygen atoms in total. The molecule has 0 spiro atoms. The third-order valence-corrected chi connectivity index (χ3v) is 4.81. The molecule has 0 saturated heterocycles. The highest BCUT2D eigenvalue weighted by Crippen LogP contribution is 2.26. The van der Waals surface area contributed by atoms with Gasteiger partial charge in [-0.25, -0.2) is 8.42 Å². The Morgan fingerprint density at radius 3 is 2.72 bits per heavy atom. The number of anilines is 1. The molecule has 0 fully saturated rings. The van der Waals surface area contributed by atoms with Crippen LogP contribution in [0.1, 0.15) is 13.3 Å². The van der Waals surface area contributed by atoms with E-state index in [0.717, 1.165) is 6.42 Å². The Morgan fingerprint density at radius 2 is 2.17 bits per heavy atom. The number of sulfonamides is 1. The highest BCUT2D eigenvalue weighted by Gasteiger charge is 2.25. The fraction of sp³-hybridized carbons (Fsp3) is 0.333. The number of hydrogen-bond donors (Lipinski definition) is 1. The summed E-state index contributed by atoms with van der Waals surface area (Å²) in [7, 11) is -3.57. The average Bonchev–Trinajstić information content (AvgIpc) is 2.32. The van der Waals surface area contributed by atoms with Crippen LogP contribution in [0.3, 0.4) is 0 Å². The summed E-state index contributed by atoms with van der Waals surface area (Å²) in [6.45, 7) is 6.23. The molecule has 2 N–H and O–H groups in total. The summed E-state index contributed by atoms with van der Waals surface area (Å²) in [5, 5.41) is 0. The summed E-state index contributed by atoms with van der Waals surface area (Å²) in [6.07, 6.45) is 2.31. The van der Waals surface area contributed by atoms with Gasteiger partial charge < -0.3 is 5.73 Å². The summed E-state index contributed by atoms with van der Waals surface area (Å²) in [5.41, 5.74) is 6.01. The van der Waals surface area contributed by atoms with Crippen LogP contribution in [-0.4, -0.2) is 25.8 Å². The summed E-state index contributed by atoms with van der Waals surface area (Å²) in [4.78, 5) is 0.132. The van der Waals surface area contributed by atoms with Crippen molar-refractivity contribution in [3.63, 3.8) is 0 Å². The number of halogens is 1. The maximum absolute atomic E-state index is 12.5. The van der Waals surface area contributed by atoms with Crippen molar-refractivity contribution in [2.45, 2.75) is 18.2 Å². The maximum atomic E-state index is 12.5. The molecule has 0 aliphatic carbocycles. The highest BCUT2D eigenvalue weighted by atomic mass is 79.9. The molecule has 1 aromatic rings. The molecule has 0 saturated carbocycles. The Balaban J connectivity index is 3.25. The minimum absolute atomic E-state index is 0.132. The maximum Gasteiger partial charge on any atom is 0.245 e. The fourth-order valence-corrected chi connectivity index (χ4v) is 3.73. The zero-order valence-electron chi connectivity index (χ0n) is 10.3. The number of nitrogens with zero attached hydrogens (tertiary/aromatic N) is 1. The molecule has 1 rings (SSSR count). The number of benzene rings is 1. The normalized spacial score (nSPS) is 11.7. The van der Waals surface area contributed by atoms with Gasteiger partial charge in [-0.05, 0) is 24.6 Å². The van der Waals surface area contributed by atoms with E-state index in [0.29, 0.717) is 11.0 Å². The predicted octanol–water partition coefficient (Wildman–Crippen LogP) is 2.62. The van der Waals surface area contributed by atoms with Crippen LogP contribution in [0, 0.1) is 0 Å². The SMILES string of the molecule is C=CCN(CCC)S(=O)(=O)c1cc(Br)ccc1N. The van der Waals surface area contributed by atoms with Crippen LogP contribution >= 0.6 is 15.9 Å². The van der Waals surface area contributed by atoms with Crippen molar-refractivity contribution in [3.8, 4) is 0 Å². The smallest absolute Gasteiger partial charge is 0.245 e. The quantitative estimate of drug-likeness (QED) is 0.643. The monoisotopic (exact) mass is 332 g/mol. The van der Waals surface area contributed by atoms with E-state index in [4.69, 9.17) is 5.73 Å². The van der Waals surface area contributed by atoms with E-state index in [9.17, 15) is 8.42 Å². The molecule has 0 atom stereocenters. The second kappa shape index (κ2) is 6.36. The Morgan fingerprint density at radius 1 is 1.50 bits per heavy atom. The van der Waals surface area contributed by atoms with Gasteiger partial charge >= 0.3 is 0 Å². The molecule has 18 heavy (non-hydrogen) atoms. The first-order chi connectivity index (χ1) is 8.43. The van der Waals surface area contributed by atoms with E-state index in [2.05, 4.69) is 22.5 Å². The van der Waals surface area contributed by atoms with Gasteiger partial charge in [-0.3, -0.25) is 0 Å². The second-order valence-electron chi connectivity index (χ2n) is 3.83. The molecule has 6 heteroatoms. The largest absolute Gasteiger partial charge is 0.398 e. The Labute approximate surface area is 117 Å². The minimum atomic E-state index is -3.57. The molecule has 0 amide bonds. The minimum Gasteiger partial charge on any atom is -0.398 e. The molecule has 0 radical (unpaired) electrons. The molecular formula is C12H17BrN2O2S. The lowest BCUT2D eigenvalue weighted by Gasteiger charge is -2.21. The van der Waals surface area contributed by atoms with Crippen molar-refractivity contribution < 1.29 is 8.42 Å². The summed E-state index contributed by atoms with van der Waals surface area (Å²) in [5.74, 6) is 0. The fourth-order valence-electron chi connectivity index (χ4n) is 1.57. The molecule has 1 aromatic carbocycles. The Hall–Kier alpha value is -0.850. The van der Waals surface area contributed by atoms with Crippen molar-refractivity contribution >= 4 is 31.6 Å². The predicted molar refractivity (Wildman–Crippen MR) is 77.8 cm³/mol. The van der Waals surface area contributed by atoms with Gasteiger partial charge in [-0.15, -0.1) is 6.58 Å². The number of nitrogens with two attached hydrogens (primary N) is 1. The van der Waals surface area contributed by atoms with Gasteiger partial charge in [0.2, 0.25) is 10.0 Å². The van der Waals surface area contributed by atoms with Gasteiger partial charge in [0, 0.05) is 17.6 Å². The number of rotatable bonds is 6. The van der Waals surface area contributed by atoms with E-state index < -0.39 is 10.0 Å². The van der Waals surface area contributed by atoms with E-state index in [1.807, 2.05) is 6.92 Å². The summed E-state index contributed by atoms with van der Waals surface area (Å²) >= 11 is 3.26. The number of nitrogen functional groups attached to an aromatic ring is 1. The molecular weight excluding hydrogens is 316 g/mol. The molecule has 0 aromatic heterocycles. The zero-order chi connectivity index (χ0) is 13.8. The third-order valence-electron chi connectivity index (χ3n) is 2.40. The van der Waals surface area contributed by atoms with Crippen LogP contribution < -0.4 is 5.73 Å². The van der Waals surface area contributed by atoms with Crippen molar-refractivity contribution in [2.24, 2.45) is 0 Å². The van der Waals surface area contributed by atoms with Crippen LogP contribution in [0.4, 0.5) is 5.69 Å². The lowest BCUT2D eigenvalue weighted by molar-refractivity contribution is 0.442. The Bertz CT molecular complexity index is 529. The van der Waals surface area contributed by atoms with Crippen molar-refractivity contribution in [1.29, 1.82) is 0 Å². The van der Waals surface area contributed by atoms with Crippen LogP contribution in [0.2, 0.25) is 0 Å². The van der Waals surface area contributed by atoms with Crippen molar-refractivity contribution in [1.82, 2.24) is 4.31 Å². The van der Waals surface area contributed by atoms with Crippen molar-refractivity contribution in [3.05, 3.63) is 35.3 Å². The van der Waals surface area contributed by atoms with Crippen LogP contribution in [0.15, 0.2) is 40.2 Å². The van der Waals surface area contributed by atoms with Gasteiger partial charge in [0.05, 0.1) is 5.69 Å². The highest BCUT2D eigenvalue weighted by molar-refractivity contribution is 9.10. The first-order valence-electron chi connectivity index (χ1n) is 5.59. The van der Waals surface area contributed by atoms with Gasteiger partial charge in [0.25, 0.3) is 0 Å². The molecule has 0 heterocycles. The average molecular weight is 333 g/mol. The third kappa shape index (κ3) is 3.34. The topological polar surface area (TPSA) is 63.4 Å². The molecule has 0 unspecified atom stereocenters. The van der Waals surface area contributed by atoms with Gasteiger partial charge in [0.1, 0.15) is 4.90 Å². The number of hydrogen-bond acceptors (Lipinski definition) is 3. The standard InChI is InChI=1S/C12H17BrN2O2S/c1-3-7-15(8-4-2)18(16,17)12-9-10(13)5-6-11(12)14/h3,5-6,9H,1,4,7-8,14H2,2H3. The summed E-state index contributed by atoms with van der Waals surface area (Å²) < 4.78 is 27.0. The first kappa shape index (κ1) is 15.2.